The lowest BCUT2D eigenvalue weighted by Gasteiger charge is -2.16. The van der Waals surface area contributed by atoms with Crippen LogP contribution in [0.15, 0.2) is 219 Å². The molecule has 0 N–H and O–H groups in total. The number of fused-ring (bicyclic) bond motifs is 6. The first-order valence-electron chi connectivity index (χ1n) is 21.5. The number of hydrogen-bond acceptors (Lipinski definition) is 2. The van der Waals surface area contributed by atoms with E-state index in [-0.39, 0.29) is 0 Å². The van der Waals surface area contributed by atoms with Crippen molar-refractivity contribution in [2.45, 2.75) is 27.7 Å². The summed E-state index contributed by atoms with van der Waals surface area (Å²) in [5.74, 6) is 0.686. The molecule has 3 aromatic heterocycles. The summed E-state index contributed by atoms with van der Waals surface area (Å²) in [7, 11) is 0. The minimum atomic E-state index is 0.686. The van der Waals surface area contributed by atoms with Gasteiger partial charge in [0, 0.05) is 49.6 Å². The molecular weight excluding hydrogens is 753 g/mol. The van der Waals surface area contributed by atoms with E-state index in [0.717, 1.165) is 61.5 Å². The van der Waals surface area contributed by atoms with Gasteiger partial charge in [-0.05, 0) is 59.7 Å². The van der Waals surface area contributed by atoms with Gasteiger partial charge in [0.05, 0.1) is 33.5 Å². The van der Waals surface area contributed by atoms with Crippen molar-refractivity contribution in [1.29, 1.82) is 0 Å². The maximum absolute atomic E-state index is 5.33. The van der Waals surface area contributed by atoms with Crippen LogP contribution < -0.4 is 0 Å². The Labute approximate surface area is 364 Å². The Morgan fingerprint density at radius 1 is 0.306 bits per heavy atom. The molecule has 0 saturated carbocycles. The minimum absolute atomic E-state index is 0.686. The average Bonchev–Trinajstić information content (AvgIpc) is 3.89. The molecule has 11 rings (SSSR count). The number of aromatic nitrogens is 4. The van der Waals surface area contributed by atoms with E-state index in [1.165, 1.54) is 32.7 Å². The summed E-state index contributed by atoms with van der Waals surface area (Å²) < 4.78 is 4.79. The highest BCUT2D eigenvalue weighted by Crippen LogP contribution is 2.38. The fourth-order valence-electron chi connectivity index (χ4n) is 8.33. The van der Waals surface area contributed by atoms with Crippen LogP contribution in [-0.2, 0) is 0 Å². The molecule has 0 aliphatic heterocycles. The number of para-hydroxylation sites is 4. The lowest BCUT2D eigenvalue weighted by molar-refractivity contribution is 1.13. The van der Waals surface area contributed by atoms with Gasteiger partial charge >= 0.3 is 0 Å². The number of benzene rings is 8. The third kappa shape index (κ3) is 7.59. The van der Waals surface area contributed by atoms with Gasteiger partial charge in [0.15, 0.2) is 5.82 Å². The first-order chi connectivity index (χ1) is 30.8. The highest BCUT2D eigenvalue weighted by Gasteiger charge is 2.19. The topological polar surface area (TPSA) is 35.6 Å². The normalized spacial score (nSPS) is 10.7. The fourth-order valence-corrected chi connectivity index (χ4v) is 8.33. The highest BCUT2D eigenvalue weighted by atomic mass is 15.0. The molecule has 0 bridgehead atoms. The molecule has 0 saturated heterocycles. The van der Waals surface area contributed by atoms with Crippen molar-refractivity contribution in [2.75, 3.05) is 0 Å². The van der Waals surface area contributed by atoms with Gasteiger partial charge in [-0.3, -0.25) is 0 Å². The van der Waals surface area contributed by atoms with Crippen molar-refractivity contribution in [3.8, 4) is 56.4 Å². The predicted octanol–water partition coefficient (Wildman–Crippen LogP) is 16.2. The summed E-state index contributed by atoms with van der Waals surface area (Å²) in [6.07, 6.45) is 0. The van der Waals surface area contributed by atoms with Gasteiger partial charge in [0.1, 0.15) is 0 Å². The molecule has 4 nitrogen and oxygen atoms in total. The molecule has 8 aromatic carbocycles. The summed E-state index contributed by atoms with van der Waals surface area (Å²) >= 11 is 0. The first-order valence-corrected chi connectivity index (χ1v) is 21.5. The molecule has 62 heavy (non-hydrogen) atoms. The van der Waals surface area contributed by atoms with Crippen LogP contribution in [0.4, 0.5) is 0 Å². The van der Waals surface area contributed by atoms with Crippen LogP contribution in [0.5, 0.6) is 0 Å². The molecule has 0 atom stereocenters. The Balaban J connectivity index is 0.000000847. The molecule has 0 aliphatic rings. The Morgan fingerprint density at radius 2 is 0.629 bits per heavy atom. The summed E-state index contributed by atoms with van der Waals surface area (Å²) in [6.45, 7) is 14.0. The van der Waals surface area contributed by atoms with Crippen LogP contribution in [0.1, 0.15) is 27.7 Å². The van der Waals surface area contributed by atoms with Crippen molar-refractivity contribution in [3.05, 3.63) is 219 Å². The zero-order valence-corrected chi connectivity index (χ0v) is 35.8. The molecule has 0 aliphatic carbocycles. The third-order valence-electron chi connectivity index (χ3n) is 10.9. The van der Waals surface area contributed by atoms with E-state index in [4.69, 9.17) is 9.97 Å². The number of nitrogens with zero attached hydrogens (tertiary/aromatic N) is 4. The van der Waals surface area contributed by atoms with Crippen molar-refractivity contribution in [3.63, 3.8) is 0 Å². The van der Waals surface area contributed by atoms with Gasteiger partial charge < -0.3 is 9.13 Å². The largest absolute Gasteiger partial charge is 0.309 e. The van der Waals surface area contributed by atoms with E-state index in [0.29, 0.717) is 5.82 Å². The molecule has 302 valence electrons. The average molecular weight is 803 g/mol. The Kier molecular flexibility index (Phi) is 12.3. The van der Waals surface area contributed by atoms with Crippen molar-refractivity contribution < 1.29 is 0 Å². The van der Waals surface area contributed by atoms with Crippen LogP contribution in [0.25, 0.3) is 100 Å². The maximum atomic E-state index is 5.33. The second-order valence-electron chi connectivity index (χ2n) is 14.2. The van der Waals surface area contributed by atoms with Gasteiger partial charge in [0.2, 0.25) is 0 Å². The Morgan fingerprint density at radius 3 is 1.05 bits per heavy atom. The Bertz CT molecular complexity index is 3010. The molecule has 4 heteroatoms. The van der Waals surface area contributed by atoms with Crippen molar-refractivity contribution in [1.82, 2.24) is 19.1 Å². The molecule has 0 spiro atoms. The maximum Gasteiger partial charge on any atom is 0.160 e. The summed E-state index contributed by atoms with van der Waals surface area (Å²) in [5.41, 5.74) is 13.8. The zero-order chi connectivity index (χ0) is 43.0. The second kappa shape index (κ2) is 18.6. The van der Waals surface area contributed by atoms with Gasteiger partial charge in [-0.2, -0.15) is 0 Å². The summed E-state index contributed by atoms with van der Waals surface area (Å²) in [4.78, 5) is 10.5. The minimum Gasteiger partial charge on any atom is -0.309 e. The van der Waals surface area contributed by atoms with Gasteiger partial charge in [-0.1, -0.05) is 185 Å². The lowest BCUT2D eigenvalue weighted by atomic mass is 10.0. The van der Waals surface area contributed by atoms with E-state index < -0.39 is 0 Å². The quantitative estimate of drug-likeness (QED) is 0.157. The smallest absolute Gasteiger partial charge is 0.160 e. The summed E-state index contributed by atoms with van der Waals surface area (Å²) in [5, 5.41) is 4.89. The SMILES string of the molecule is C=C.CC.CC.c1ccc(-c2ccc(-c3cc(-c4cc(-n5c6ccccc6c6ccccc65)cc(-n5c6ccccc6c6ccccc65)c4)nc(-c4ccccc4)n3)cc2)cc1. The van der Waals surface area contributed by atoms with Gasteiger partial charge in [-0.15, -0.1) is 13.2 Å². The van der Waals surface area contributed by atoms with E-state index >= 15 is 0 Å². The Hall–Kier alpha value is -7.82. The van der Waals surface area contributed by atoms with Crippen LogP contribution >= 0.6 is 0 Å². The fraction of sp³-hybridized carbons (Fsp3) is 0.0690. The monoisotopic (exact) mass is 802 g/mol. The van der Waals surface area contributed by atoms with E-state index in [2.05, 4.69) is 204 Å². The number of rotatable bonds is 6. The molecule has 11 aromatic rings. The van der Waals surface area contributed by atoms with Gasteiger partial charge in [-0.25, -0.2) is 9.97 Å². The highest BCUT2D eigenvalue weighted by molar-refractivity contribution is 6.10. The standard InChI is InChI=1S/C52H34N4.2C2H6.C2H4/c1-3-15-35(16-4-1)36-27-29-37(30-28-36)46-34-47(54-52(53-46)38-17-5-2-6-18-38)39-31-40(55-48-23-11-7-19-42(48)43-20-8-12-24-49(43)55)33-41(32-39)56-50-25-13-9-21-44(50)45-22-10-14-26-51(45)56;3*1-2/h1-34H;2*1-2H3;1-2H2. The van der Waals surface area contributed by atoms with Crippen LogP contribution in [0.2, 0.25) is 0 Å². The molecule has 0 amide bonds. The first kappa shape index (κ1) is 40.9. The lowest BCUT2D eigenvalue weighted by Crippen LogP contribution is -2.01. The number of hydrogen-bond donors (Lipinski definition) is 0. The molecular formula is C58H50N4. The van der Waals surface area contributed by atoms with Crippen LogP contribution in [0, 0.1) is 0 Å². The van der Waals surface area contributed by atoms with Crippen molar-refractivity contribution >= 4 is 43.6 Å². The third-order valence-corrected chi connectivity index (χ3v) is 10.9. The van der Waals surface area contributed by atoms with E-state index in [1.54, 1.807) is 0 Å². The molecule has 3 heterocycles. The van der Waals surface area contributed by atoms with E-state index in [1.807, 2.05) is 52.0 Å². The van der Waals surface area contributed by atoms with Crippen molar-refractivity contribution in [2.24, 2.45) is 0 Å². The molecule has 0 unspecified atom stereocenters. The van der Waals surface area contributed by atoms with E-state index in [9.17, 15) is 0 Å². The second-order valence-corrected chi connectivity index (χ2v) is 14.2. The summed E-state index contributed by atoms with van der Waals surface area (Å²) in [6, 6.07) is 73.3. The van der Waals surface area contributed by atoms with Crippen LogP contribution in [0.3, 0.4) is 0 Å². The predicted molar refractivity (Wildman–Crippen MR) is 266 cm³/mol. The zero-order valence-electron chi connectivity index (χ0n) is 35.8. The van der Waals surface area contributed by atoms with Gasteiger partial charge in [0.25, 0.3) is 0 Å². The molecule has 0 radical (unpaired) electrons. The van der Waals surface area contributed by atoms with Crippen LogP contribution in [-0.4, -0.2) is 19.1 Å². The molecule has 0 fully saturated rings.